The molecule has 1 aliphatic heterocycles. The molecule has 2 nitrogen and oxygen atoms in total. The lowest BCUT2D eigenvalue weighted by Gasteiger charge is -2.34. The standard InChI is InChI=1S/C10H18O2/c1-10(2,3)6-4-7(11)9-8(5-6)12-9/h6-9,11H,4-5H2,1-3H3/t6-,7+,8?,9+/m1/s1. The molecule has 1 saturated heterocycles. The van der Waals surface area contributed by atoms with Crippen molar-refractivity contribution < 1.29 is 9.84 Å². The van der Waals surface area contributed by atoms with Crippen LogP contribution in [-0.4, -0.2) is 23.4 Å². The van der Waals surface area contributed by atoms with E-state index in [4.69, 9.17) is 4.74 Å². The largest absolute Gasteiger partial charge is 0.390 e. The minimum atomic E-state index is -0.201. The summed E-state index contributed by atoms with van der Waals surface area (Å²) in [6.07, 6.45) is 2.42. The molecular weight excluding hydrogens is 152 g/mol. The molecule has 0 spiro atoms. The van der Waals surface area contributed by atoms with E-state index in [0.29, 0.717) is 17.4 Å². The fourth-order valence-corrected chi connectivity index (χ4v) is 2.19. The van der Waals surface area contributed by atoms with Crippen molar-refractivity contribution in [1.82, 2.24) is 0 Å². The van der Waals surface area contributed by atoms with Gasteiger partial charge in [0.25, 0.3) is 0 Å². The van der Waals surface area contributed by atoms with Gasteiger partial charge in [0, 0.05) is 0 Å². The molecule has 70 valence electrons. The summed E-state index contributed by atoms with van der Waals surface area (Å²) in [5.41, 5.74) is 0.317. The second-order valence-corrected chi connectivity index (χ2v) is 5.24. The van der Waals surface area contributed by atoms with Crippen LogP contribution in [0.5, 0.6) is 0 Å². The second kappa shape index (κ2) is 2.46. The predicted octanol–water partition coefficient (Wildman–Crippen LogP) is 1.57. The fraction of sp³-hybridized carbons (Fsp3) is 1.00. The zero-order valence-corrected chi connectivity index (χ0v) is 8.08. The van der Waals surface area contributed by atoms with Gasteiger partial charge in [0.05, 0.1) is 12.2 Å². The molecule has 2 fully saturated rings. The molecule has 1 aliphatic carbocycles. The molecule has 0 aromatic heterocycles. The Morgan fingerprint density at radius 3 is 2.42 bits per heavy atom. The first-order chi connectivity index (χ1) is 5.48. The Balaban J connectivity index is 2.01. The summed E-state index contributed by atoms with van der Waals surface area (Å²) in [5, 5.41) is 9.63. The third-order valence-electron chi connectivity index (χ3n) is 3.27. The summed E-state index contributed by atoms with van der Waals surface area (Å²) in [6.45, 7) is 6.73. The molecule has 2 aliphatic rings. The fourth-order valence-electron chi connectivity index (χ4n) is 2.19. The van der Waals surface area contributed by atoms with Gasteiger partial charge in [-0.05, 0) is 24.2 Å². The van der Waals surface area contributed by atoms with Crippen molar-refractivity contribution in [2.75, 3.05) is 0 Å². The van der Waals surface area contributed by atoms with Crippen molar-refractivity contribution in [1.29, 1.82) is 0 Å². The lowest BCUT2D eigenvalue weighted by molar-refractivity contribution is 0.0707. The van der Waals surface area contributed by atoms with Crippen LogP contribution in [0.15, 0.2) is 0 Å². The van der Waals surface area contributed by atoms with Gasteiger partial charge >= 0.3 is 0 Å². The van der Waals surface area contributed by atoms with Crippen LogP contribution in [0.3, 0.4) is 0 Å². The van der Waals surface area contributed by atoms with E-state index < -0.39 is 0 Å². The Kier molecular flexibility index (Phi) is 1.74. The van der Waals surface area contributed by atoms with Crippen LogP contribution in [0, 0.1) is 11.3 Å². The lowest BCUT2D eigenvalue weighted by atomic mass is 9.72. The minimum Gasteiger partial charge on any atom is -0.390 e. The number of aliphatic hydroxyl groups is 1. The number of aliphatic hydroxyl groups excluding tert-OH is 1. The first kappa shape index (κ1) is 8.52. The Morgan fingerprint density at radius 1 is 1.25 bits per heavy atom. The summed E-state index contributed by atoms with van der Waals surface area (Å²) in [7, 11) is 0. The minimum absolute atomic E-state index is 0.184. The van der Waals surface area contributed by atoms with Crippen molar-refractivity contribution >= 4 is 0 Å². The molecule has 0 aromatic rings. The highest BCUT2D eigenvalue weighted by atomic mass is 16.6. The average molecular weight is 170 g/mol. The molecule has 1 N–H and O–H groups in total. The number of hydrogen-bond acceptors (Lipinski definition) is 2. The molecule has 0 bridgehead atoms. The molecule has 2 rings (SSSR count). The zero-order chi connectivity index (χ0) is 8.93. The smallest absolute Gasteiger partial charge is 0.110 e. The highest BCUT2D eigenvalue weighted by Gasteiger charge is 2.51. The van der Waals surface area contributed by atoms with Gasteiger partial charge in [-0.1, -0.05) is 20.8 Å². The van der Waals surface area contributed by atoms with Gasteiger partial charge in [-0.2, -0.15) is 0 Å². The number of fused-ring (bicyclic) bond motifs is 1. The molecule has 0 aromatic carbocycles. The monoisotopic (exact) mass is 170 g/mol. The number of ether oxygens (including phenoxy) is 1. The summed E-state index contributed by atoms with van der Waals surface area (Å²) in [5.74, 6) is 0.622. The molecule has 0 radical (unpaired) electrons. The summed E-state index contributed by atoms with van der Waals surface area (Å²) < 4.78 is 5.37. The first-order valence-electron chi connectivity index (χ1n) is 4.82. The molecule has 4 atom stereocenters. The quantitative estimate of drug-likeness (QED) is 0.560. The summed E-state index contributed by atoms with van der Waals surface area (Å²) in [6, 6.07) is 0. The topological polar surface area (TPSA) is 32.8 Å². The molecule has 2 heteroatoms. The zero-order valence-electron chi connectivity index (χ0n) is 8.08. The van der Waals surface area contributed by atoms with Crippen LogP contribution < -0.4 is 0 Å². The van der Waals surface area contributed by atoms with Gasteiger partial charge in [0.2, 0.25) is 0 Å². The molecule has 1 heterocycles. The second-order valence-electron chi connectivity index (χ2n) is 5.24. The maximum Gasteiger partial charge on any atom is 0.110 e. The number of epoxide rings is 1. The highest BCUT2D eigenvalue weighted by molar-refractivity contribution is 4.99. The lowest BCUT2D eigenvalue weighted by Crippen LogP contribution is -2.34. The number of rotatable bonds is 0. The van der Waals surface area contributed by atoms with Gasteiger partial charge in [0.1, 0.15) is 6.10 Å². The molecule has 12 heavy (non-hydrogen) atoms. The van der Waals surface area contributed by atoms with Gasteiger partial charge in [0.15, 0.2) is 0 Å². The van der Waals surface area contributed by atoms with Crippen LogP contribution in [0.1, 0.15) is 33.6 Å². The van der Waals surface area contributed by atoms with E-state index in [1.807, 2.05) is 0 Å². The molecular formula is C10H18O2. The third kappa shape index (κ3) is 1.38. The van der Waals surface area contributed by atoms with E-state index in [0.717, 1.165) is 12.8 Å². The van der Waals surface area contributed by atoms with Crippen LogP contribution in [0.2, 0.25) is 0 Å². The van der Waals surface area contributed by atoms with E-state index >= 15 is 0 Å². The van der Waals surface area contributed by atoms with E-state index in [1.54, 1.807) is 0 Å². The Labute approximate surface area is 73.9 Å². The Morgan fingerprint density at radius 2 is 1.92 bits per heavy atom. The van der Waals surface area contributed by atoms with Crippen molar-refractivity contribution in [2.24, 2.45) is 11.3 Å². The Hall–Kier alpha value is -0.0800. The predicted molar refractivity (Wildman–Crippen MR) is 46.8 cm³/mol. The van der Waals surface area contributed by atoms with Gasteiger partial charge < -0.3 is 9.84 Å². The molecule has 1 saturated carbocycles. The summed E-state index contributed by atoms with van der Waals surface area (Å²) >= 11 is 0. The normalized spacial score (nSPS) is 47.0. The maximum absolute atomic E-state index is 9.63. The molecule has 0 amide bonds. The van der Waals surface area contributed by atoms with E-state index in [2.05, 4.69) is 20.8 Å². The highest BCUT2D eigenvalue weighted by Crippen LogP contribution is 2.45. The van der Waals surface area contributed by atoms with E-state index in [1.165, 1.54) is 0 Å². The maximum atomic E-state index is 9.63. The average Bonchev–Trinajstić information content (AvgIpc) is 2.63. The van der Waals surface area contributed by atoms with E-state index in [-0.39, 0.29) is 12.2 Å². The Bertz CT molecular complexity index is 183. The molecule has 1 unspecified atom stereocenters. The van der Waals surface area contributed by atoms with Crippen LogP contribution in [0.25, 0.3) is 0 Å². The van der Waals surface area contributed by atoms with Crippen LogP contribution >= 0.6 is 0 Å². The summed E-state index contributed by atoms with van der Waals surface area (Å²) in [4.78, 5) is 0. The van der Waals surface area contributed by atoms with E-state index in [9.17, 15) is 5.11 Å². The number of hydrogen-bond donors (Lipinski definition) is 1. The van der Waals surface area contributed by atoms with Crippen molar-refractivity contribution in [3.8, 4) is 0 Å². The van der Waals surface area contributed by atoms with Crippen molar-refractivity contribution in [3.63, 3.8) is 0 Å². The van der Waals surface area contributed by atoms with Crippen molar-refractivity contribution in [3.05, 3.63) is 0 Å². The van der Waals surface area contributed by atoms with Crippen molar-refractivity contribution in [2.45, 2.75) is 51.9 Å². The third-order valence-corrected chi connectivity index (χ3v) is 3.27. The SMILES string of the molecule is CC(C)(C)[C@H]1CC2O[C@H]2[C@@H](O)C1. The van der Waals surface area contributed by atoms with Crippen LogP contribution in [0.4, 0.5) is 0 Å². The van der Waals surface area contributed by atoms with Gasteiger partial charge in [-0.25, -0.2) is 0 Å². The van der Waals surface area contributed by atoms with Gasteiger partial charge in [-0.15, -0.1) is 0 Å². The first-order valence-corrected chi connectivity index (χ1v) is 4.82. The van der Waals surface area contributed by atoms with Crippen LogP contribution in [-0.2, 0) is 4.74 Å². The van der Waals surface area contributed by atoms with Gasteiger partial charge in [-0.3, -0.25) is 0 Å².